The van der Waals surface area contributed by atoms with E-state index < -0.39 is 0 Å². The number of amides is 1. The normalized spacial score (nSPS) is 12.9. The minimum Gasteiger partial charge on any atom is -0.484 e. The Morgan fingerprint density at radius 3 is 2.42 bits per heavy atom. The van der Waals surface area contributed by atoms with Gasteiger partial charge in [-0.05, 0) is 60.2 Å². The molecule has 2 aromatic carbocycles. The summed E-state index contributed by atoms with van der Waals surface area (Å²) < 4.78 is 12.3. The molecular formula is C25H27BrClNO3. The Morgan fingerprint density at radius 1 is 1.06 bits per heavy atom. The van der Waals surface area contributed by atoms with Gasteiger partial charge in [-0.15, -0.1) is 0 Å². The lowest BCUT2D eigenvalue weighted by Gasteiger charge is -2.18. The van der Waals surface area contributed by atoms with Crippen LogP contribution in [0.5, 0.6) is 5.75 Å². The van der Waals surface area contributed by atoms with E-state index in [-0.39, 0.29) is 24.3 Å². The predicted molar refractivity (Wildman–Crippen MR) is 128 cm³/mol. The summed E-state index contributed by atoms with van der Waals surface area (Å²) in [4.78, 5) is 12.7. The van der Waals surface area contributed by atoms with Crippen LogP contribution in [0.2, 0.25) is 5.02 Å². The number of benzene rings is 2. The minimum atomic E-state index is -0.245. The van der Waals surface area contributed by atoms with Crippen LogP contribution in [0.15, 0.2) is 63.5 Å². The van der Waals surface area contributed by atoms with Gasteiger partial charge in [0, 0.05) is 4.47 Å². The van der Waals surface area contributed by atoms with Crippen LogP contribution in [0, 0.1) is 0 Å². The maximum Gasteiger partial charge on any atom is 0.287 e. The number of carbonyl (C=O) groups is 1. The number of furan rings is 1. The summed E-state index contributed by atoms with van der Waals surface area (Å²) in [6.07, 6.45) is 1.89. The summed E-state index contributed by atoms with van der Waals surface area (Å²) in [5, 5.41) is 3.57. The van der Waals surface area contributed by atoms with Gasteiger partial charge in [0.15, 0.2) is 5.76 Å². The third-order valence-corrected chi connectivity index (χ3v) is 6.17. The molecule has 1 N–H and O–H groups in total. The first-order valence-electron chi connectivity index (χ1n) is 10.5. The first kappa shape index (κ1) is 23.4. The van der Waals surface area contributed by atoms with Gasteiger partial charge < -0.3 is 14.5 Å². The lowest BCUT2D eigenvalue weighted by molar-refractivity contribution is 0.0903. The zero-order chi connectivity index (χ0) is 22.4. The van der Waals surface area contributed by atoms with E-state index in [9.17, 15) is 4.79 Å². The number of rotatable bonds is 9. The summed E-state index contributed by atoms with van der Waals surface area (Å²) >= 11 is 9.53. The van der Waals surface area contributed by atoms with Crippen molar-refractivity contribution >= 4 is 33.4 Å². The molecule has 1 aromatic heterocycles. The molecular weight excluding hydrogens is 478 g/mol. The fourth-order valence-corrected chi connectivity index (χ4v) is 3.99. The van der Waals surface area contributed by atoms with Crippen molar-refractivity contribution in [1.82, 2.24) is 5.32 Å². The first-order chi connectivity index (χ1) is 14.9. The molecule has 0 radical (unpaired) electrons. The molecule has 0 saturated heterocycles. The van der Waals surface area contributed by atoms with Crippen LogP contribution in [0.25, 0.3) is 0 Å². The second-order valence-corrected chi connectivity index (χ2v) is 8.86. The van der Waals surface area contributed by atoms with E-state index in [0.717, 1.165) is 22.9 Å². The number of hydrogen-bond donors (Lipinski definition) is 1. The topological polar surface area (TPSA) is 51.5 Å². The van der Waals surface area contributed by atoms with Crippen LogP contribution < -0.4 is 10.1 Å². The smallest absolute Gasteiger partial charge is 0.287 e. The zero-order valence-corrected chi connectivity index (χ0v) is 20.3. The van der Waals surface area contributed by atoms with Crippen molar-refractivity contribution in [2.75, 3.05) is 0 Å². The molecule has 0 fully saturated rings. The molecule has 3 aromatic rings. The van der Waals surface area contributed by atoms with E-state index in [4.69, 9.17) is 20.8 Å². The molecule has 6 heteroatoms. The van der Waals surface area contributed by atoms with Gasteiger partial charge in [-0.25, -0.2) is 0 Å². The molecule has 0 aliphatic rings. The molecule has 2 atom stereocenters. The van der Waals surface area contributed by atoms with Crippen LogP contribution in [-0.2, 0) is 6.61 Å². The Balaban J connectivity index is 1.61. The van der Waals surface area contributed by atoms with Crippen molar-refractivity contribution in [2.45, 2.75) is 52.2 Å². The van der Waals surface area contributed by atoms with E-state index >= 15 is 0 Å². The number of ether oxygens (including phenoxy) is 1. The Kier molecular flexibility index (Phi) is 8.22. The van der Waals surface area contributed by atoms with Crippen LogP contribution in [0.1, 0.15) is 73.0 Å². The predicted octanol–water partition coefficient (Wildman–Crippen LogP) is 7.67. The van der Waals surface area contributed by atoms with Crippen molar-refractivity contribution in [3.8, 4) is 5.75 Å². The highest BCUT2D eigenvalue weighted by Crippen LogP contribution is 2.28. The SMILES string of the molecule is CCC(C)c1ccc(C(CC)NC(=O)c2ccc(COc3ccc(Br)cc3Cl)o2)cc1. The first-order valence-corrected chi connectivity index (χ1v) is 11.7. The van der Waals surface area contributed by atoms with Gasteiger partial charge in [0.1, 0.15) is 18.1 Å². The lowest BCUT2D eigenvalue weighted by atomic mass is 9.95. The Morgan fingerprint density at radius 2 is 1.77 bits per heavy atom. The van der Waals surface area contributed by atoms with Crippen LogP contribution in [0.3, 0.4) is 0 Å². The number of hydrogen-bond acceptors (Lipinski definition) is 3. The van der Waals surface area contributed by atoms with Crippen LogP contribution in [-0.4, -0.2) is 5.91 Å². The van der Waals surface area contributed by atoms with Crippen molar-refractivity contribution in [1.29, 1.82) is 0 Å². The lowest BCUT2D eigenvalue weighted by Crippen LogP contribution is -2.27. The summed E-state index contributed by atoms with van der Waals surface area (Å²) in [5.74, 6) is 1.65. The Hall–Kier alpha value is -2.24. The minimum absolute atomic E-state index is 0.0788. The quantitative estimate of drug-likeness (QED) is 0.325. The molecule has 3 rings (SSSR count). The second-order valence-electron chi connectivity index (χ2n) is 7.54. The molecule has 0 spiro atoms. The Bertz CT molecular complexity index is 1020. The molecule has 0 saturated carbocycles. The van der Waals surface area contributed by atoms with Gasteiger partial charge in [-0.2, -0.15) is 0 Å². The van der Waals surface area contributed by atoms with E-state index in [1.54, 1.807) is 24.3 Å². The number of halogens is 2. The monoisotopic (exact) mass is 503 g/mol. The van der Waals surface area contributed by atoms with Crippen molar-refractivity contribution in [2.24, 2.45) is 0 Å². The number of nitrogens with one attached hydrogen (secondary N) is 1. The molecule has 31 heavy (non-hydrogen) atoms. The van der Waals surface area contributed by atoms with Crippen LogP contribution >= 0.6 is 27.5 Å². The second kappa shape index (κ2) is 10.9. The molecule has 164 valence electrons. The van der Waals surface area contributed by atoms with Crippen molar-refractivity contribution in [3.05, 3.63) is 86.7 Å². The molecule has 1 heterocycles. The molecule has 4 nitrogen and oxygen atoms in total. The largest absolute Gasteiger partial charge is 0.484 e. The molecule has 0 bridgehead atoms. The molecule has 0 aliphatic carbocycles. The van der Waals surface area contributed by atoms with E-state index in [0.29, 0.717) is 22.5 Å². The van der Waals surface area contributed by atoms with Gasteiger partial charge in [0.25, 0.3) is 5.91 Å². The highest BCUT2D eigenvalue weighted by atomic mass is 79.9. The van der Waals surface area contributed by atoms with Gasteiger partial charge in [0.05, 0.1) is 11.1 Å². The van der Waals surface area contributed by atoms with Gasteiger partial charge in [-0.1, -0.05) is 72.6 Å². The van der Waals surface area contributed by atoms with Crippen molar-refractivity contribution < 1.29 is 13.9 Å². The molecule has 2 unspecified atom stereocenters. The molecule has 0 aliphatic heterocycles. The summed E-state index contributed by atoms with van der Waals surface area (Å²) in [5.41, 5.74) is 2.40. The van der Waals surface area contributed by atoms with Gasteiger partial charge >= 0.3 is 0 Å². The summed E-state index contributed by atoms with van der Waals surface area (Å²) in [6.45, 7) is 6.64. The third kappa shape index (κ3) is 6.14. The van der Waals surface area contributed by atoms with Crippen LogP contribution in [0.4, 0.5) is 0 Å². The summed E-state index contributed by atoms with van der Waals surface area (Å²) in [7, 11) is 0. The average molecular weight is 505 g/mol. The van der Waals surface area contributed by atoms with Gasteiger partial charge in [0.2, 0.25) is 0 Å². The standard InChI is InChI=1S/C25H27BrClNO3/c1-4-16(3)17-6-8-18(9-7-17)22(5-2)28-25(29)24-13-11-20(31-24)15-30-23-12-10-19(26)14-21(23)27/h6-14,16,22H,4-5,15H2,1-3H3,(H,28,29). The fraction of sp³-hybridized carbons (Fsp3) is 0.320. The maximum absolute atomic E-state index is 12.7. The number of carbonyl (C=O) groups excluding carboxylic acids is 1. The van der Waals surface area contributed by atoms with E-state index in [1.165, 1.54) is 5.56 Å². The highest BCUT2D eigenvalue weighted by molar-refractivity contribution is 9.10. The van der Waals surface area contributed by atoms with Gasteiger partial charge in [-0.3, -0.25) is 4.79 Å². The highest BCUT2D eigenvalue weighted by Gasteiger charge is 2.18. The average Bonchev–Trinajstić information content (AvgIpc) is 3.25. The van der Waals surface area contributed by atoms with E-state index in [2.05, 4.69) is 66.3 Å². The maximum atomic E-state index is 12.7. The fourth-order valence-electron chi connectivity index (χ4n) is 3.26. The molecule has 1 amide bonds. The van der Waals surface area contributed by atoms with Crippen molar-refractivity contribution in [3.63, 3.8) is 0 Å². The third-order valence-electron chi connectivity index (χ3n) is 5.38. The Labute approximate surface area is 197 Å². The van der Waals surface area contributed by atoms with E-state index in [1.807, 2.05) is 6.07 Å². The zero-order valence-electron chi connectivity index (χ0n) is 18.0. The summed E-state index contributed by atoms with van der Waals surface area (Å²) in [6, 6.07) is 17.2.